The molecule has 7 aromatic rings. The van der Waals surface area contributed by atoms with Gasteiger partial charge in [-0.05, 0) is 158 Å². The van der Waals surface area contributed by atoms with Gasteiger partial charge in [-0.15, -0.1) is 11.3 Å². The van der Waals surface area contributed by atoms with Crippen molar-refractivity contribution < 1.29 is 0 Å². The van der Waals surface area contributed by atoms with Gasteiger partial charge in [-0.3, -0.25) is 0 Å². The normalized spacial score (nSPS) is 18.8. The summed E-state index contributed by atoms with van der Waals surface area (Å²) >= 11 is 1.94. The predicted octanol–water partition coefficient (Wildman–Crippen LogP) is 14.4. The van der Waals surface area contributed by atoms with Crippen LogP contribution in [-0.2, 0) is 27.1 Å². The Labute approximate surface area is 369 Å². The molecule has 4 aliphatic rings. The minimum atomic E-state index is -0.00242. The van der Waals surface area contributed by atoms with Crippen molar-refractivity contribution in [2.75, 3.05) is 9.80 Å². The third-order valence-electron chi connectivity index (χ3n) is 15.6. The molecule has 2 aliphatic carbocycles. The second kappa shape index (κ2) is 12.4. The monoisotopic (exact) mass is 816 g/mol. The van der Waals surface area contributed by atoms with Gasteiger partial charge in [0.25, 0.3) is 6.71 Å². The zero-order valence-corrected chi connectivity index (χ0v) is 39.6. The molecule has 0 bridgehead atoms. The van der Waals surface area contributed by atoms with Gasteiger partial charge in [-0.25, -0.2) is 0 Å². The largest absolute Gasteiger partial charge is 0.311 e. The number of anilines is 6. The summed E-state index contributed by atoms with van der Waals surface area (Å²) < 4.78 is 2.69. The molecule has 308 valence electrons. The summed E-state index contributed by atoms with van der Waals surface area (Å²) in [6, 6.07) is 39.0. The molecular weight excluding hydrogens is 756 g/mol. The van der Waals surface area contributed by atoms with Crippen molar-refractivity contribution in [3.05, 3.63) is 136 Å². The number of nitrogens with zero attached hydrogens (tertiary/aromatic N) is 2. The molecule has 4 heteroatoms. The summed E-state index contributed by atoms with van der Waals surface area (Å²) in [5.41, 5.74) is 22.5. The van der Waals surface area contributed by atoms with Crippen LogP contribution < -0.4 is 26.2 Å². The van der Waals surface area contributed by atoms with E-state index in [1.807, 2.05) is 11.3 Å². The molecule has 11 rings (SSSR count). The summed E-state index contributed by atoms with van der Waals surface area (Å²) in [6.45, 7) is 31.6. The van der Waals surface area contributed by atoms with Crippen LogP contribution in [0.4, 0.5) is 34.1 Å². The van der Waals surface area contributed by atoms with E-state index in [1.165, 1.54) is 122 Å². The van der Waals surface area contributed by atoms with Crippen molar-refractivity contribution in [1.82, 2.24) is 0 Å². The first-order valence-electron chi connectivity index (χ1n) is 22.8. The van der Waals surface area contributed by atoms with Crippen molar-refractivity contribution in [2.45, 2.75) is 136 Å². The fraction of sp³-hybridized carbons (Fsp3) is 0.368. The number of hydrogen-bond donors (Lipinski definition) is 0. The van der Waals surface area contributed by atoms with Crippen molar-refractivity contribution in [3.8, 4) is 0 Å². The van der Waals surface area contributed by atoms with Crippen LogP contribution in [0.25, 0.3) is 20.2 Å². The predicted molar refractivity (Wildman–Crippen MR) is 267 cm³/mol. The summed E-state index contributed by atoms with van der Waals surface area (Å²) in [4.78, 5) is 5.38. The van der Waals surface area contributed by atoms with Gasteiger partial charge in [-0.1, -0.05) is 131 Å². The number of aryl methyl sites for hydroxylation is 2. The quantitative estimate of drug-likeness (QED) is 0.160. The van der Waals surface area contributed by atoms with Gasteiger partial charge in [0, 0.05) is 43.9 Å². The van der Waals surface area contributed by atoms with Crippen LogP contribution in [0.3, 0.4) is 0 Å². The highest BCUT2D eigenvalue weighted by molar-refractivity contribution is 7.26. The maximum Gasteiger partial charge on any atom is 0.252 e. The summed E-state index contributed by atoms with van der Waals surface area (Å²) in [5.74, 6) is 0. The molecule has 0 radical (unpaired) electrons. The molecule has 0 fully saturated rings. The molecule has 3 heterocycles. The molecule has 2 nitrogen and oxygen atoms in total. The van der Waals surface area contributed by atoms with E-state index in [9.17, 15) is 0 Å². The van der Waals surface area contributed by atoms with E-state index in [4.69, 9.17) is 0 Å². The molecule has 0 saturated heterocycles. The standard InChI is InChI=1S/C57H61BN2S/c1-33-25-48-51-49(26-33)60(45-19-16-18-37-36-17-14-15-20-50(36)61-52(37)45)47-31-40-39(54(6,7)23-24-55(40,8)9)29-43(47)58(51)42-28-35(53(3,4)5)21-22-44(42)59(48)46-30-41-38(27-34(46)2)56(10,11)32-57(41,12)13/h14-22,25-31H,23-24,32H2,1-13H3. The van der Waals surface area contributed by atoms with Crippen LogP contribution in [0.2, 0.25) is 0 Å². The summed E-state index contributed by atoms with van der Waals surface area (Å²) in [5, 5.41) is 2.68. The highest BCUT2D eigenvalue weighted by atomic mass is 32.1. The van der Waals surface area contributed by atoms with Gasteiger partial charge < -0.3 is 9.80 Å². The summed E-state index contributed by atoms with van der Waals surface area (Å²) in [7, 11) is 0. The molecule has 0 amide bonds. The Kier molecular flexibility index (Phi) is 7.97. The Morgan fingerprint density at radius 3 is 1.79 bits per heavy atom. The lowest BCUT2D eigenvalue weighted by Crippen LogP contribution is -2.62. The second-order valence-electron chi connectivity index (χ2n) is 22.9. The second-order valence-corrected chi connectivity index (χ2v) is 24.0. The van der Waals surface area contributed by atoms with Gasteiger partial charge in [0.05, 0.1) is 10.4 Å². The van der Waals surface area contributed by atoms with E-state index in [0.717, 1.165) is 6.42 Å². The molecule has 0 saturated carbocycles. The van der Waals surface area contributed by atoms with Crippen LogP contribution in [0.5, 0.6) is 0 Å². The van der Waals surface area contributed by atoms with Crippen molar-refractivity contribution in [1.29, 1.82) is 0 Å². The highest BCUT2D eigenvalue weighted by Crippen LogP contribution is 2.55. The molecule has 2 aliphatic heterocycles. The van der Waals surface area contributed by atoms with Crippen LogP contribution in [-0.4, -0.2) is 6.71 Å². The fourth-order valence-corrected chi connectivity index (χ4v) is 13.6. The first-order chi connectivity index (χ1) is 28.7. The Morgan fingerprint density at radius 2 is 1.10 bits per heavy atom. The number of thiophene rings is 1. The Hall–Kier alpha value is -4.80. The van der Waals surface area contributed by atoms with Crippen LogP contribution in [0.1, 0.15) is 134 Å². The Morgan fingerprint density at radius 1 is 0.525 bits per heavy atom. The fourth-order valence-electron chi connectivity index (χ4n) is 12.4. The van der Waals surface area contributed by atoms with E-state index in [-0.39, 0.29) is 33.8 Å². The first-order valence-corrected chi connectivity index (χ1v) is 23.6. The minimum Gasteiger partial charge on any atom is -0.311 e. The maximum atomic E-state index is 2.70. The Bertz CT molecular complexity index is 3040. The topological polar surface area (TPSA) is 6.48 Å². The molecule has 6 aromatic carbocycles. The maximum absolute atomic E-state index is 2.70. The Balaban J connectivity index is 1.28. The van der Waals surface area contributed by atoms with Crippen LogP contribution in [0, 0.1) is 13.8 Å². The van der Waals surface area contributed by atoms with Gasteiger partial charge in [0.1, 0.15) is 0 Å². The van der Waals surface area contributed by atoms with Crippen molar-refractivity contribution in [2.24, 2.45) is 0 Å². The molecule has 0 unspecified atom stereocenters. The van der Waals surface area contributed by atoms with E-state index >= 15 is 0 Å². The molecule has 0 spiro atoms. The zero-order valence-electron chi connectivity index (χ0n) is 38.7. The summed E-state index contributed by atoms with van der Waals surface area (Å²) in [6.07, 6.45) is 3.52. The van der Waals surface area contributed by atoms with E-state index < -0.39 is 0 Å². The molecular formula is C57H61BN2S. The average Bonchev–Trinajstić information content (AvgIpc) is 3.65. The average molecular weight is 817 g/mol. The van der Waals surface area contributed by atoms with Gasteiger partial charge in [0.15, 0.2) is 0 Å². The molecule has 1 aromatic heterocycles. The lowest BCUT2D eigenvalue weighted by atomic mass is 9.33. The van der Waals surface area contributed by atoms with E-state index in [2.05, 4.69) is 197 Å². The van der Waals surface area contributed by atoms with Gasteiger partial charge in [-0.2, -0.15) is 0 Å². The lowest BCUT2D eigenvalue weighted by molar-refractivity contribution is 0.332. The van der Waals surface area contributed by atoms with Crippen LogP contribution in [0.15, 0.2) is 97.1 Å². The molecule has 0 N–H and O–H groups in total. The minimum absolute atomic E-state index is 0.00242. The van der Waals surface area contributed by atoms with Crippen LogP contribution >= 0.6 is 11.3 Å². The molecule has 0 atom stereocenters. The van der Waals surface area contributed by atoms with Gasteiger partial charge in [0.2, 0.25) is 0 Å². The number of benzene rings is 6. The molecule has 61 heavy (non-hydrogen) atoms. The third kappa shape index (κ3) is 5.52. The number of rotatable bonds is 2. The zero-order chi connectivity index (χ0) is 42.9. The lowest BCUT2D eigenvalue weighted by Gasteiger charge is -2.48. The SMILES string of the molecule is Cc1cc2c3c(c1)N(c1cccc4c1sc1ccccc14)c1cc4c(cc1B3c1cc(C(C)(C)C)ccc1N2c1cc2c(cc1C)C(C)(C)CC2(C)C)C(C)(C)CCC4(C)C. The number of hydrogen-bond acceptors (Lipinski definition) is 3. The van der Waals surface area contributed by atoms with Crippen molar-refractivity contribution >= 4 is 88.7 Å². The smallest absolute Gasteiger partial charge is 0.252 e. The third-order valence-corrected chi connectivity index (χ3v) is 16.8. The first kappa shape index (κ1) is 39.1. The number of fused-ring (bicyclic) bond motifs is 9. The van der Waals surface area contributed by atoms with E-state index in [0.29, 0.717) is 0 Å². The van der Waals surface area contributed by atoms with Crippen molar-refractivity contribution in [3.63, 3.8) is 0 Å². The highest BCUT2D eigenvalue weighted by Gasteiger charge is 2.48. The van der Waals surface area contributed by atoms with Gasteiger partial charge >= 0.3 is 0 Å². The van der Waals surface area contributed by atoms with E-state index in [1.54, 1.807) is 0 Å².